The van der Waals surface area contributed by atoms with Crippen LogP contribution in [0.15, 0.2) is 32.9 Å². The Hall–Kier alpha value is -1.48. The Labute approximate surface area is 129 Å². The Morgan fingerprint density at radius 2 is 2.23 bits per heavy atom. The summed E-state index contributed by atoms with van der Waals surface area (Å²) in [7, 11) is 0. The first-order valence-electron chi connectivity index (χ1n) is 6.59. The van der Waals surface area contributed by atoms with Crippen molar-refractivity contribution in [1.29, 1.82) is 0 Å². The molecule has 1 heterocycles. The molecule has 1 aromatic rings. The van der Waals surface area contributed by atoms with E-state index in [9.17, 15) is 17.7 Å². The highest BCUT2D eigenvalue weighted by molar-refractivity contribution is 7.91. The Balaban J connectivity index is 2.43. The molecule has 0 radical (unpaired) electrons. The second-order valence-corrected chi connectivity index (χ2v) is 6.19. The second kappa shape index (κ2) is 9.52. The molecular weight excluding hydrogens is 321 g/mol. The molecule has 1 atom stereocenters. The van der Waals surface area contributed by atoms with E-state index in [-0.39, 0.29) is 16.7 Å². The van der Waals surface area contributed by atoms with Crippen LogP contribution in [0.3, 0.4) is 0 Å². The number of oxazole rings is 1. The van der Waals surface area contributed by atoms with E-state index in [1.807, 2.05) is 0 Å². The maximum Gasteiger partial charge on any atom is 0.415 e. The van der Waals surface area contributed by atoms with Crippen molar-refractivity contribution in [2.24, 2.45) is 11.1 Å². The topological polar surface area (TPSA) is 70.7 Å². The predicted molar refractivity (Wildman–Crippen MR) is 75.7 cm³/mol. The van der Waals surface area contributed by atoms with Crippen LogP contribution in [0.25, 0.3) is 0 Å². The molecule has 124 valence electrons. The van der Waals surface area contributed by atoms with Crippen LogP contribution >= 0.6 is 0 Å². The number of rotatable bonds is 9. The van der Waals surface area contributed by atoms with Gasteiger partial charge in [-0.1, -0.05) is 19.0 Å². The fourth-order valence-electron chi connectivity index (χ4n) is 1.23. The summed E-state index contributed by atoms with van der Waals surface area (Å²) in [5.41, 5.74) is 0. The molecule has 0 fully saturated rings. The zero-order valence-corrected chi connectivity index (χ0v) is 13.0. The van der Waals surface area contributed by atoms with Gasteiger partial charge in [0.15, 0.2) is 11.6 Å². The molecule has 22 heavy (non-hydrogen) atoms. The summed E-state index contributed by atoms with van der Waals surface area (Å²) in [4.78, 5) is 8.72. The number of nitrogens with zero attached hydrogens (tertiary/aromatic N) is 2. The standard InChI is InChI=1S/C13H17F3N2O3S/c1-9(2)3-5-20-18-8-10-7-17-13(21-10)22(19)6-4-11(14)12(15)16/h7-9H,3-6H2,1-2H3/b18-8-. The van der Waals surface area contributed by atoms with Gasteiger partial charge in [-0.15, -0.1) is 0 Å². The van der Waals surface area contributed by atoms with Crippen LogP contribution in [0.1, 0.15) is 32.4 Å². The molecule has 0 spiro atoms. The minimum absolute atomic E-state index is 0.171. The predicted octanol–water partition coefficient (Wildman–Crippen LogP) is 3.65. The van der Waals surface area contributed by atoms with Crippen molar-refractivity contribution in [2.75, 3.05) is 12.4 Å². The molecule has 1 rings (SSSR count). The zero-order valence-electron chi connectivity index (χ0n) is 12.2. The first kappa shape index (κ1) is 18.6. The summed E-state index contributed by atoms with van der Waals surface area (Å²) >= 11 is -1.80. The molecule has 0 saturated carbocycles. The molecule has 0 aliphatic carbocycles. The van der Waals surface area contributed by atoms with Gasteiger partial charge in [0, 0.05) is 11.2 Å². The van der Waals surface area contributed by atoms with Crippen LogP contribution in [0.4, 0.5) is 13.2 Å². The first-order chi connectivity index (χ1) is 10.4. The number of allylic oxidation sites excluding steroid dienone is 1. The van der Waals surface area contributed by atoms with Gasteiger partial charge >= 0.3 is 11.3 Å². The van der Waals surface area contributed by atoms with Gasteiger partial charge in [-0.25, -0.2) is 4.39 Å². The molecule has 0 bridgehead atoms. The third kappa shape index (κ3) is 6.99. The molecule has 0 aliphatic heterocycles. The van der Waals surface area contributed by atoms with E-state index in [1.165, 1.54) is 12.4 Å². The second-order valence-electron chi connectivity index (χ2n) is 4.74. The van der Waals surface area contributed by atoms with E-state index in [2.05, 4.69) is 24.0 Å². The van der Waals surface area contributed by atoms with Gasteiger partial charge in [0.05, 0.1) is 12.6 Å². The van der Waals surface area contributed by atoms with Gasteiger partial charge in [-0.2, -0.15) is 13.8 Å². The van der Waals surface area contributed by atoms with Gasteiger partial charge in [-0.05, 0) is 12.3 Å². The van der Waals surface area contributed by atoms with Crippen molar-refractivity contribution >= 4 is 17.4 Å². The SMILES string of the molecule is CC(C)CCO/N=C\c1cnc([S+]([O-])CCC(F)=C(F)F)o1. The van der Waals surface area contributed by atoms with Gasteiger partial charge in [-0.3, -0.25) is 0 Å². The Bertz CT molecular complexity index is 516. The van der Waals surface area contributed by atoms with Crippen LogP contribution in [0, 0.1) is 5.92 Å². The van der Waals surface area contributed by atoms with E-state index in [4.69, 9.17) is 9.25 Å². The van der Waals surface area contributed by atoms with Gasteiger partial charge in [0.2, 0.25) is 0 Å². The maximum absolute atomic E-state index is 12.6. The van der Waals surface area contributed by atoms with Gasteiger partial charge in [0.1, 0.15) is 18.6 Å². The molecule has 1 unspecified atom stereocenters. The largest absolute Gasteiger partial charge is 0.608 e. The highest BCUT2D eigenvalue weighted by Gasteiger charge is 2.20. The quantitative estimate of drug-likeness (QED) is 0.298. The summed E-state index contributed by atoms with van der Waals surface area (Å²) in [6.45, 7) is 4.57. The average Bonchev–Trinajstić information content (AvgIpc) is 2.92. The maximum atomic E-state index is 12.6. The molecule has 0 saturated heterocycles. The fourth-order valence-corrected chi connectivity index (χ4v) is 2.13. The van der Waals surface area contributed by atoms with E-state index >= 15 is 0 Å². The molecular formula is C13H17F3N2O3S. The smallest absolute Gasteiger partial charge is 0.415 e. The highest BCUT2D eigenvalue weighted by atomic mass is 32.2. The normalized spacial score (nSPS) is 12.9. The number of halogens is 3. The number of oxime groups is 1. The molecule has 0 aliphatic rings. The Morgan fingerprint density at radius 1 is 1.50 bits per heavy atom. The van der Waals surface area contributed by atoms with Crippen LogP contribution in [-0.2, 0) is 16.0 Å². The summed E-state index contributed by atoms with van der Waals surface area (Å²) in [5, 5.41) is 3.49. The molecule has 0 N–H and O–H groups in total. The summed E-state index contributed by atoms with van der Waals surface area (Å²) in [5.74, 6) is -1.22. The van der Waals surface area contributed by atoms with Crippen LogP contribution in [0.2, 0.25) is 0 Å². The number of hydrogen-bond acceptors (Lipinski definition) is 5. The van der Waals surface area contributed by atoms with Crippen LogP contribution < -0.4 is 0 Å². The first-order valence-corrected chi connectivity index (χ1v) is 7.91. The summed E-state index contributed by atoms with van der Waals surface area (Å²) in [6, 6.07) is 0. The van der Waals surface area contributed by atoms with Crippen molar-refractivity contribution in [1.82, 2.24) is 4.98 Å². The average molecular weight is 338 g/mol. The van der Waals surface area contributed by atoms with Crippen LogP contribution in [0.5, 0.6) is 0 Å². The van der Waals surface area contributed by atoms with E-state index in [1.54, 1.807) is 0 Å². The van der Waals surface area contributed by atoms with Gasteiger partial charge in [0.25, 0.3) is 0 Å². The lowest BCUT2D eigenvalue weighted by molar-refractivity contribution is 0.134. The number of aromatic nitrogens is 1. The van der Waals surface area contributed by atoms with E-state index in [0.717, 1.165) is 6.42 Å². The number of hydrogen-bond donors (Lipinski definition) is 0. The molecule has 9 heteroatoms. The van der Waals surface area contributed by atoms with Crippen LogP contribution in [-0.4, -0.2) is 28.1 Å². The third-order valence-electron chi connectivity index (χ3n) is 2.45. The Kier molecular flexibility index (Phi) is 8.03. The zero-order chi connectivity index (χ0) is 16.5. The van der Waals surface area contributed by atoms with Crippen molar-refractivity contribution in [3.8, 4) is 0 Å². The lowest BCUT2D eigenvalue weighted by atomic mass is 10.1. The fraction of sp³-hybridized carbons (Fsp3) is 0.538. The highest BCUT2D eigenvalue weighted by Crippen LogP contribution is 2.17. The van der Waals surface area contributed by atoms with Gasteiger partial charge < -0.3 is 13.8 Å². The molecule has 0 amide bonds. The lowest BCUT2D eigenvalue weighted by Crippen LogP contribution is -2.07. The molecule has 0 aromatic carbocycles. The summed E-state index contributed by atoms with van der Waals surface area (Å²) < 4.78 is 53.1. The molecule has 5 nitrogen and oxygen atoms in total. The van der Waals surface area contributed by atoms with Crippen molar-refractivity contribution in [3.63, 3.8) is 0 Å². The van der Waals surface area contributed by atoms with E-state index < -0.39 is 29.5 Å². The van der Waals surface area contributed by atoms with Crippen molar-refractivity contribution in [2.45, 2.75) is 31.9 Å². The Morgan fingerprint density at radius 3 is 2.86 bits per heavy atom. The molecule has 1 aromatic heterocycles. The lowest BCUT2D eigenvalue weighted by Gasteiger charge is -2.03. The summed E-state index contributed by atoms with van der Waals surface area (Å²) in [6.07, 6.45) is 0.336. The monoisotopic (exact) mass is 338 g/mol. The third-order valence-corrected chi connectivity index (χ3v) is 3.60. The van der Waals surface area contributed by atoms with Crippen molar-refractivity contribution < 1.29 is 27.0 Å². The van der Waals surface area contributed by atoms with Crippen molar-refractivity contribution in [3.05, 3.63) is 23.9 Å². The minimum Gasteiger partial charge on any atom is -0.608 e. The minimum atomic E-state index is -2.41. The van der Waals surface area contributed by atoms with E-state index in [0.29, 0.717) is 12.5 Å².